The number of hydrogen-bond acceptors (Lipinski definition) is 5. The second kappa shape index (κ2) is 7.48. The van der Waals surface area contributed by atoms with Crippen molar-refractivity contribution in [3.8, 4) is 0 Å². The summed E-state index contributed by atoms with van der Waals surface area (Å²) in [6.45, 7) is 4.34. The fourth-order valence-corrected chi connectivity index (χ4v) is 1.44. The Bertz CT molecular complexity index is 405. The third kappa shape index (κ3) is 4.20. The van der Waals surface area contributed by atoms with Crippen molar-refractivity contribution in [3.05, 3.63) is 29.6 Å². The van der Waals surface area contributed by atoms with Crippen molar-refractivity contribution in [2.75, 3.05) is 19.8 Å². The number of nitrogens with one attached hydrogen (secondary N) is 1. The maximum absolute atomic E-state index is 11.2. The average molecular weight is 251 g/mol. The molecule has 1 N–H and O–H groups in total. The summed E-state index contributed by atoms with van der Waals surface area (Å²) in [4.78, 5) is 11.2. The number of carbonyl (C=O) groups is 1. The predicted molar refractivity (Wildman–Crippen MR) is 66.5 cm³/mol. The first kappa shape index (κ1) is 14.2. The molecule has 18 heavy (non-hydrogen) atoms. The number of ether oxygens (including phenoxy) is 3. The Morgan fingerprint density at radius 1 is 1.44 bits per heavy atom. The second-order valence-corrected chi connectivity index (χ2v) is 3.46. The minimum atomic E-state index is -0.462. The molecule has 0 aromatic carbocycles. The largest absolute Gasteiger partial charge is 0.494 e. The lowest BCUT2D eigenvalue weighted by Gasteiger charge is -2.18. The fraction of sp³-hybridized carbons (Fsp3) is 0.462. The minimum absolute atomic E-state index is 0.147. The van der Waals surface area contributed by atoms with Crippen molar-refractivity contribution in [1.82, 2.24) is 0 Å². The van der Waals surface area contributed by atoms with Gasteiger partial charge in [-0.15, -0.1) is 0 Å². The van der Waals surface area contributed by atoms with Gasteiger partial charge < -0.3 is 14.2 Å². The van der Waals surface area contributed by atoms with Crippen molar-refractivity contribution < 1.29 is 19.0 Å². The third-order valence-corrected chi connectivity index (χ3v) is 2.18. The Morgan fingerprint density at radius 2 is 2.22 bits per heavy atom. The highest BCUT2D eigenvalue weighted by Crippen LogP contribution is 2.18. The van der Waals surface area contributed by atoms with E-state index in [0.717, 1.165) is 0 Å². The van der Waals surface area contributed by atoms with Crippen molar-refractivity contribution >= 4 is 11.8 Å². The Labute approximate surface area is 106 Å². The molecule has 1 atom stereocenters. The van der Waals surface area contributed by atoms with Crippen LogP contribution in [0.1, 0.15) is 13.8 Å². The summed E-state index contributed by atoms with van der Waals surface area (Å²) in [7, 11) is 0. The lowest BCUT2D eigenvalue weighted by Crippen LogP contribution is -2.21. The van der Waals surface area contributed by atoms with E-state index in [0.29, 0.717) is 24.5 Å². The van der Waals surface area contributed by atoms with Gasteiger partial charge in [0.05, 0.1) is 13.2 Å². The van der Waals surface area contributed by atoms with Crippen LogP contribution < -0.4 is 0 Å². The predicted octanol–water partition coefficient (Wildman–Crippen LogP) is 1.60. The monoisotopic (exact) mass is 251 g/mol. The van der Waals surface area contributed by atoms with Crippen molar-refractivity contribution in [3.63, 3.8) is 0 Å². The first-order chi connectivity index (χ1) is 8.71. The molecule has 1 rings (SSSR count). The number of allylic oxidation sites excluding steroid dienone is 1. The Hall–Kier alpha value is -1.84. The van der Waals surface area contributed by atoms with Gasteiger partial charge in [-0.25, -0.2) is 4.79 Å². The molecule has 0 bridgehead atoms. The van der Waals surface area contributed by atoms with Gasteiger partial charge >= 0.3 is 5.97 Å². The number of rotatable bonds is 6. The highest BCUT2D eigenvalue weighted by Gasteiger charge is 2.17. The first-order valence-electron chi connectivity index (χ1n) is 5.80. The molecule has 0 saturated carbocycles. The molecule has 0 spiro atoms. The zero-order valence-corrected chi connectivity index (χ0v) is 10.6. The van der Waals surface area contributed by atoms with Crippen LogP contribution in [-0.4, -0.2) is 37.8 Å². The van der Waals surface area contributed by atoms with E-state index in [2.05, 4.69) is 5.87 Å². The van der Waals surface area contributed by atoms with E-state index in [1.807, 2.05) is 6.92 Å². The lowest BCUT2D eigenvalue weighted by molar-refractivity contribution is -0.149. The van der Waals surface area contributed by atoms with Crippen LogP contribution in [0.15, 0.2) is 29.6 Å². The Kier molecular flexibility index (Phi) is 5.91. The number of esters is 1. The molecule has 1 aliphatic carbocycles. The summed E-state index contributed by atoms with van der Waals surface area (Å²) in [6, 6.07) is 0. The van der Waals surface area contributed by atoms with Crippen LogP contribution in [-0.2, 0) is 19.0 Å². The Morgan fingerprint density at radius 3 is 2.83 bits per heavy atom. The molecule has 0 aromatic rings. The number of hydrogen-bond donors (Lipinski definition) is 1. The SMILES string of the molecule is CCOC(=O)COC1C=CC(OCC)=CC1=C=N. The molecule has 0 aromatic heterocycles. The van der Waals surface area contributed by atoms with Gasteiger partial charge in [-0.1, -0.05) is 0 Å². The molecule has 0 radical (unpaired) electrons. The molecule has 1 aliphatic rings. The van der Waals surface area contributed by atoms with E-state index < -0.39 is 12.1 Å². The van der Waals surface area contributed by atoms with E-state index >= 15 is 0 Å². The smallest absolute Gasteiger partial charge is 0.332 e. The summed E-state index contributed by atoms with van der Waals surface area (Å²) in [5.74, 6) is 2.51. The van der Waals surface area contributed by atoms with Crippen LogP contribution in [0.3, 0.4) is 0 Å². The van der Waals surface area contributed by atoms with Crippen LogP contribution in [0.2, 0.25) is 0 Å². The van der Waals surface area contributed by atoms with E-state index in [-0.39, 0.29) is 6.61 Å². The first-order valence-corrected chi connectivity index (χ1v) is 5.80. The zero-order valence-electron chi connectivity index (χ0n) is 10.6. The molecule has 0 aliphatic heterocycles. The van der Waals surface area contributed by atoms with Crippen LogP contribution in [0.5, 0.6) is 0 Å². The van der Waals surface area contributed by atoms with E-state index in [4.69, 9.17) is 19.6 Å². The van der Waals surface area contributed by atoms with Crippen molar-refractivity contribution in [2.24, 2.45) is 0 Å². The number of carbonyl (C=O) groups excluding carboxylic acids is 1. The Balaban J connectivity index is 2.56. The molecule has 0 amide bonds. The quantitative estimate of drug-likeness (QED) is 0.575. The minimum Gasteiger partial charge on any atom is -0.494 e. The zero-order chi connectivity index (χ0) is 13.4. The maximum Gasteiger partial charge on any atom is 0.332 e. The van der Waals surface area contributed by atoms with E-state index in [9.17, 15) is 4.79 Å². The topological polar surface area (TPSA) is 68.6 Å². The van der Waals surface area contributed by atoms with E-state index in [1.54, 1.807) is 25.2 Å². The van der Waals surface area contributed by atoms with Gasteiger partial charge in [-0.3, -0.25) is 5.41 Å². The average Bonchev–Trinajstić information content (AvgIpc) is 2.37. The van der Waals surface area contributed by atoms with Crippen LogP contribution in [0.4, 0.5) is 0 Å². The third-order valence-electron chi connectivity index (χ3n) is 2.18. The van der Waals surface area contributed by atoms with Gasteiger partial charge in [0.25, 0.3) is 0 Å². The highest BCUT2D eigenvalue weighted by molar-refractivity contribution is 5.71. The van der Waals surface area contributed by atoms with Gasteiger partial charge in [0, 0.05) is 5.57 Å². The van der Waals surface area contributed by atoms with Crippen molar-refractivity contribution in [1.29, 1.82) is 5.41 Å². The molecule has 98 valence electrons. The standard InChI is InChI=1S/C13H17NO4/c1-3-16-11-5-6-12(10(7-11)8-14)18-9-13(15)17-4-2/h5-7,12,14H,3-4,9H2,1-2H3. The second-order valence-electron chi connectivity index (χ2n) is 3.46. The summed E-state index contributed by atoms with van der Waals surface area (Å²) < 4.78 is 15.4. The lowest BCUT2D eigenvalue weighted by atomic mass is 10.1. The van der Waals surface area contributed by atoms with Gasteiger partial charge in [-0.05, 0) is 37.9 Å². The molecule has 0 fully saturated rings. The molecule has 1 unspecified atom stereocenters. The van der Waals surface area contributed by atoms with Crippen LogP contribution in [0, 0.1) is 5.41 Å². The molecule has 0 saturated heterocycles. The normalized spacial score (nSPS) is 18.0. The van der Waals surface area contributed by atoms with Gasteiger partial charge in [0.15, 0.2) is 0 Å². The fourth-order valence-electron chi connectivity index (χ4n) is 1.44. The summed E-state index contributed by atoms with van der Waals surface area (Å²) in [5, 5.41) is 7.20. The summed E-state index contributed by atoms with van der Waals surface area (Å²) in [6.07, 6.45) is 4.68. The van der Waals surface area contributed by atoms with Gasteiger partial charge in [0.2, 0.25) is 0 Å². The molecule has 5 heteroatoms. The van der Waals surface area contributed by atoms with Gasteiger partial charge in [0.1, 0.15) is 18.5 Å². The van der Waals surface area contributed by atoms with Crippen LogP contribution in [0.25, 0.3) is 0 Å². The molecular weight excluding hydrogens is 234 g/mol. The van der Waals surface area contributed by atoms with Gasteiger partial charge in [-0.2, -0.15) is 0 Å². The van der Waals surface area contributed by atoms with E-state index in [1.165, 1.54) is 0 Å². The summed E-state index contributed by atoms with van der Waals surface area (Å²) >= 11 is 0. The molecule has 0 heterocycles. The molecule has 5 nitrogen and oxygen atoms in total. The van der Waals surface area contributed by atoms with Crippen LogP contribution >= 0.6 is 0 Å². The molecular formula is C13H17NO4. The maximum atomic E-state index is 11.2. The summed E-state index contributed by atoms with van der Waals surface area (Å²) in [5.41, 5.74) is 0.519. The highest BCUT2D eigenvalue weighted by atomic mass is 16.6. The van der Waals surface area contributed by atoms with Crippen molar-refractivity contribution in [2.45, 2.75) is 20.0 Å².